The molecule has 1 aliphatic carbocycles. The molecule has 1 saturated carbocycles. The van der Waals surface area contributed by atoms with Crippen LogP contribution in [-0.2, 0) is 0 Å². The van der Waals surface area contributed by atoms with Crippen molar-refractivity contribution >= 4 is 5.69 Å². The number of rotatable bonds is 4. The number of hydrogen-bond donors (Lipinski definition) is 1. The lowest BCUT2D eigenvalue weighted by molar-refractivity contribution is 0.450. The largest absolute Gasteiger partial charge is 0.371 e. The van der Waals surface area contributed by atoms with Crippen molar-refractivity contribution in [1.29, 1.82) is 0 Å². The van der Waals surface area contributed by atoms with Gasteiger partial charge in [-0.15, -0.1) is 0 Å². The van der Waals surface area contributed by atoms with Gasteiger partial charge in [0.05, 0.1) is 0 Å². The number of hydrogen-bond acceptors (Lipinski definition) is 2. The van der Waals surface area contributed by atoms with Crippen LogP contribution in [0.4, 0.5) is 10.1 Å². The van der Waals surface area contributed by atoms with Gasteiger partial charge in [0.1, 0.15) is 5.82 Å². The van der Waals surface area contributed by atoms with Crippen molar-refractivity contribution in [2.45, 2.75) is 38.1 Å². The van der Waals surface area contributed by atoms with Crippen molar-refractivity contribution in [3.8, 4) is 0 Å². The molecule has 1 atom stereocenters. The molecular formula is C16H23FN2. The van der Waals surface area contributed by atoms with E-state index in [1.807, 2.05) is 12.1 Å². The number of anilines is 1. The van der Waals surface area contributed by atoms with Crippen LogP contribution >= 0.6 is 0 Å². The van der Waals surface area contributed by atoms with Gasteiger partial charge in [-0.25, -0.2) is 4.39 Å². The molecule has 19 heavy (non-hydrogen) atoms. The first-order valence-corrected chi connectivity index (χ1v) is 7.55. The van der Waals surface area contributed by atoms with Gasteiger partial charge in [-0.1, -0.05) is 12.8 Å². The fourth-order valence-corrected chi connectivity index (χ4v) is 3.35. The molecule has 1 unspecified atom stereocenters. The van der Waals surface area contributed by atoms with Crippen LogP contribution in [0.15, 0.2) is 24.3 Å². The Morgan fingerprint density at radius 2 is 1.84 bits per heavy atom. The third-order valence-corrected chi connectivity index (χ3v) is 4.53. The van der Waals surface area contributed by atoms with E-state index in [9.17, 15) is 4.39 Å². The molecule has 2 nitrogen and oxygen atoms in total. The third kappa shape index (κ3) is 3.27. The lowest BCUT2D eigenvalue weighted by Gasteiger charge is -2.20. The molecule has 3 rings (SSSR count). The molecule has 2 fully saturated rings. The van der Waals surface area contributed by atoms with Crippen LogP contribution in [0.2, 0.25) is 0 Å². The smallest absolute Gasteiger partial charge is 0.123 e. The van der Waals surface area contributed by atoms with Gasteiger partial charge in [0.15, 0.2) is 0 Å². The highest BCUT2D eigenvalue weighted by Crippen LogP contribution is 2.24. The second-order valence-electron chi connectivity index (χ2n) is 5.97. The minimum atomic E-state index is -0.151. The van der Waals surface area contributed by atoms with Crippen LogP contribution in [0.1, 0.15) is 32.1 Å². The maximum Gasteiger partial charge on any atom is 0.123 e. The Kier molecular flexibility index (Phi) is 4.02. The van der Waals surface area contributed by atoms with E-state index < -0.39 is 0 Å². The predicted octanol–water partition coefficient (Wildman–Crippen LogP) is 3.18. The SMILES string of the molecule is Fc1ccc(N2CCC(CNC3CCCC3)C2)cc1. The zero-order chi connectivity index (χ0) is 13.1. The topological polar surface area (TPSA) is 15.3 Å². The van der Waals surface area contributed by atoms with Crippen LogP contribution < -0.4 is 10.2 Å². The summed E-state index contributed by atoms with van der Waals surface area (Å²) in [5.41, 5.74) is 1.16. The van der Waals surface area contributed by atoms with Gasteiger partial charge in [0.2, 0.25) is 0 Å². The highest BCUT2D eigenvalue weighted by atomic mass is 19.1. The van der Waals surface area contributed by atoms with E-state index >= 15 is 0 Å². The van der Waals surface area contributed by atoms with Crippen molar-refractivity contribution in [1.82, 2.24) is 5.32 Å². The molecule has 0 bridgehead atoms. The summed E-state index contributed by atoms with van der Waals surface area (Å²) in [6.45, 7) is 3.34. The zero-order valence-electron chi connectivity index (χ0n) is 11.4. The molecule has 1 saturated heterocycles. The van der Waals surface area contributed by atoms with Gasteiger partial charge in [-0.2, -0.15) is 0 Å². The summed E-state index contributed by atoms with van der Waals surface area (Å²) in [6.07, 6.45) is 6.74. The molecule has 0 aromatic heterocycles. The molecular weight excluding hydrogens is 239 g/mol. The average Bonchev–Trinajstić information content (AvgIpc) is 3.09. The molecule has 1 N–H and O–H groups in total. The second kappa shape index (κ2) is 5.91. The highest BCUT2D eigenvalue weighted by molar-refractivity contribution is 5.47. The summed E-state index contributed by atoms with van der Waals surface area (Å²) in [4.78, 5) is 2.38. The first-order valence-electron chi connectivity index (χ1n) is 7.55. The molecule has 104 valence electrons. The Morgan fingerprint density at radius 3 is 2.58 bits per heavy atom. The molecule has 1 heterocycles. The van der Waals surface area contributed by atoms with Crippen LogP contribution in [0.3, 0.4) is 0 Å². The van der Waals surface area contributed by atoms with E-state index in [0.29, 0.717) is 0 Å². The molecule has 0 spiro atoms. The van der Waals surface area contributed by atoms with E-state index in [0.717, 1.165) is 37.3 Å². The van der Waals surface area contributed by atoms with Gasteiger partial charge in [-0.3, -0.25) is 0 Å². The molecule has 1 aromatic carbocycles. The molecule has 2 aliphatic rings. The van der Waals surface area contributed by atoms with Crippen molar-refractivity contribution in [3.63, 3.8) is 0 Å². The molecule has 0 amide bonds. The molecule has 3 heteroatoms. The van der Waals surface area contributed by atoms with Gasteiger partial charge < -0.3 is 10.2 Å². The Hall–Kier alpha value is -1.09. The second-order valence-corrected chi connectivity index (χ2v) is 5.97. The third-order valence-electron chi connectivity index (χ3n) is 4.53. The summed E-state index contributed by atoms with van der Waals surface area (Å²) in [5, 5.41) is 3.72. The average molecular weight is 262 g/mol. The number of halogens is 1. The number of nitrogens with one attached hydrogen (secondary N) is 1. The van der Waals surface area contributed by atoms with Gasteiger partial charge >= 0.3 is 0 Å². The molecule has 1 aromatic rings. The fourth-order valence-electron chi connectivity index (χ4n) is 3.35. The van der Waals surface area contributed by atoms with Crippen molar-refractivity contribution in [3.05, 3.63) is 30.1 Å². The van der Waals surface area contributed by atoms with E-state index in [4.69, 9.17) is 0 Å². The quantitative estimate of drug-likeness (QED) is 0.896. The summed E-state index contributed by atoms with van der Waals surface area (Å²) in [6, 6.07) is 7.66. The van der Waals surface area contributed by atoms with Crippen LogP contribution in [-0.4, -0.2) is 25.7 Å². The zero-order valence-corrected chi connectivity index (χ0v) is 11.4. The number of nitrogens with zero attached hydrogens (tertiary/aromatic N) is 1. The number of benzene rings is 1. The van der Waals surface area contributed by atoms with E-state index in [1.165, 1.54) is 32.1 Å². The van der Waals surface area contributed by atoms with Crippen LogP contribution in [0.5, 0.6) is 0 Å². The minimum Gasteiger partial charge on any atom is -0.371 e. The summed E-state index contributed by atoms with van der Waals surface area (Å²) in [5.74, 6) is 0.591. The Bertz CT molecular complexity index is 398. The first kappa shape index (κ1) is 12.9. The van der Waals surface area contributed by atoms with E-state index in [2.05, 4.69) is 10.2 Å². The van der Waals surface area contributed by atoms with Gasteiger partial charge in [0, 0.05) is 24.8 Å². The monoisotopic (exact) mass is 262 g/mol. The van der Waals surface area contributed by atoms with Crippen molar-refractivity contribution < 1.29 is 4.39 Å². The summed E-state index contributed by atoms with van der Waals surface area (Å²) >= 11 is 0. The molecule has 1 aliphatic heterocycles. The minimum absolute atomic E-state index is 0.151. The first-order chi connectivity index (χ1) is 9.31. The maximum absolute atomic E-state index is 12.9. The van der Waals surface area contributed by atoms with Crippen molar-refractivity contribution in [2.24, 2.45) is 5.92 Å². The Balaban J connectivity index is 1.48. The fraction of sp³-hybridized carbons (Fsp3) is 0.625. The van der Waals surface area contributed by atoms with Crippen LogP contribution in [0.25, 0.3) is 0 Å². The highest BCUT2D eigenvalue weighted by Gasteiger charge is 2.24. The lowest BCUT2D eigenvalue weighted by Crippen LogP contribution is -2.32. The summed E-state index contributed by atoms with van der Waals surface area (Å²) in [7, 11) is 0. The van der Waals surface area contributed by atoms with E-state index in [1.54, 1.807) is 12.1 Å². The lowest BCUT2D eigenvalue weighted by atomic mass is 10.1. The maximum atomic E-state index is 12.9. The summed E-state index contributed by atoms with van der Waals surface area (Å²) < 4.78 is 12.9. The Labute approximate surface area is 115 Å². The Morgan fingerprint density at radius 1 is 1.11 bits per heavy atom. The standard InChI is InChI=1S/C16H23FN2/c17-14-5-7-16(8-6-14)19-10-9-13(12-19)11-18-15-3-1-2-4-15/h5-8,13,15,18H,1-4,9-12H2. The van der Waals surface area contributed by atoms with E-state index in [-0.39, 0.29) is 5.82 Å². The van der Waals surface area contributed by atoms with Crippen LogP contribution in [0, 0.1) is 11.7 Å². The normalized spacial score (nSPS) is 24.3. The van der Waals surface area contributed by atoms with Gasteiger partial charge in [0.25, 0.3) is 0 Å². The molecule has 0 radical (unpaired) electrons. The van der Waals surface area contributed by atoms with Gasteiger partial charge in [-0.05, 0) is 56.0 Å². The van der Waals surface area contributed by atoms with Crippen molar-refractivity contribution in [2.75, 3.05) is 24.5 Å². The predicted molar refractivity (Wildman–Crippen MR) is 77.0 cm³/mol.